The third kappa shape index (κ3) is 5.24. The Kier molecular flexibility index (Phi) is 6.28. The summed E-state index contributed by atoms with van der Waals surface area (Å²) in [5.41, 5.74) is 1.22. The first-order chi connectivity index (χ1) is 10.4. The Hall–Kier alpha value is -0.600. The van der Waals surface area contributed by atoms with Crippen molar-refractivity contribution < 1.29 is 13.2 Å². The van der Waals surface area contributed by atoms with Crippen LogP contribution in [0.15, 0.2) is 29.2 Å². The minimum absolute atomic E-state index is 0.0674. The van der Waals surface area contributed by atoms with E-state index in [-0.39, 0.29) is 12.2 Å². The topological polar surface area (TPSA) is 58.6 Å². The fourth-order valence-corrected chi connectivity index (χ4v) is 4.64. The van der Waals surface area contributed by atoms with Crippen LogP contribution < -0.4 is 4.72 Å². The highest BCUT2D eigenvalue weighted by Crippen LogP contribution is 2.18. The van der Waals surface area contributed by atoms with E-state index in [9.17, 15) is 8.42 Å². The molecule has 0 amide bonds. The summed E-state index contributed by atoms with van der Waals surface area (Å²) in [5.74, 6) is 0.706. The molecule has 1 aliphatic heterocycles. The van der Waals surface area contributed by atoms with Crippen LogP contribution in [0.25, 0.3) is 0 Å². The molecule has 1 aliphatic rings. The number of benzene rings is 1. The van der Waals surface area contributed by atoms with Gasteiger partial charge in [0.15, 0.2) is 0 Å². The van der Waals surface area contributed by atoms with Gasteiger partial charge in [0.05, 0.1) is 12.2 Å². The zero-order chi connectivity index (χ0) is 16.2. The highest BCUT2D eigenvalue weighted by molar-refractivity contribution is 7.99. The maximum absolute atomic E-state index is 12.3. The SMILES string of the molecule is Cc1ccc(SCCNS(=O)(=O)N2CC(C)OC(C)C2)cc1. The van der Waals surface area contributed by atoms with Crippen LogP contribution in [0.1, 0.15) is 19.4 Å². The van der Waals surface area contributed by atoms with Crippen molar-refractivity contribution in [2.45, 2.75) is 37.9 Å². The Labute approximate surface area is 137 Å². The molecule has 1 heterocycles. The van der Waals surface area contributed by atoms with Crippen molar-refractivity contribution in [2.24, 2.45) is 0 Å². The van der Waals surface area contributed by atoms with Gasteiger partial charge in [0.2, 0.25) is 0 Å². The quantitative estimate of drug-likeness (QED) is 0.634. The number of thioether (sulfide) groups is 1. The van der Waals surface area contributed by atoms with Gasteiger partial charge in [-0.3, -0.25) is 0 Å². The molecule has 2 rings (SSSR count). The lowest BCUT2D eigenvalue weighted by Gasteiger charge is -2.34. The summed E-state index contributed by atoms with van der Waals surface area (Å²) >= 11 is 1.65. The number of ether oxygens (including phenoxy) is 1. The molecule has 2 atom stereocenters. The maximum atomic E-state index is 12.3. The van der Waals surface area contributed by atoms with Crippen LogP contribution >= 0.6 is 11.8 Å². The normalized spacial score (nSPS) is 23.6. The summed E-state index contributed by atoms with van der Waals surface area (Å²) in [5, 5.41) is 0. The maximum Gasteiger partial charge on any atom is 0.279 e. The van der Waals surface area contributed by atoms with Gasteiger partial charge in [0.1, 0.15) is 0 Å². The molecule has 0 radical (unpaired) electrons. The van der Waals surface area contributed by atoms with Crippen LogP contribution in [0.4, 0.5) is 0 Å². The van der Waals surface area contributed by atoms with Gasteiger partial charge in [-0.05, 0) is 32.9 Å². The molecule has 7 heteroatoms. The molecule has 2 unspecified atom stereocenters. The van der Waals surface area contributed by atoms with Crippen molar-refractivity contribution in [1.29, 1.82) is 0 Å². The molecule has 1 N–H and O–H groups in total. The molecule has 1 fully saturated rings. The van der Waals surface area contributed by atoms with Crippen LogP contribution in [0, 0.1) is 6.92 Å². The van der Waals surface area contributed by atoms with Gasteiger partial charge >= 0.3 is 0 Å². The number of rotatable bonds is 6. The highest BCUT2D eigenvalue weighted by atomic mass is 32.2. The average Bonchev–Trinajstić information content (AvgIpc) is 2.44. The molecule has 0 bridgehead atoms. The lowest BCUT2D eigenvalue weighted by Crippen LogP contribution is -2.52. The van der Waals surface area contributed by atoms with Crippen molar-refractivity contribution >= 4 is 22.0 Å². The van der Waals surface area contributed by atoms with Gasteiger partial charge < -0.3 is 4.74 Å². The molecule has 0 spiro atoms. The second kappa shape index (κ2) is 7.79. The van der Waals surface area contributed by atoms with Gasteiger partial charge in [-0.15, -0.1) is 11.8 Å². The molecule has 1 saturated heterocycles. The van der Waals surface area contributed by atoms with Crippen LogP contribution in [0.3, 0.4) is 0 Å². The highest BCUT2D eigenvalue weighted by Gasteiger charge is 2.30. The number of nitrogens with zero attached hydrogens (tertiary/aromatic N) is 1. The predicted octanol–water partition coefficient (Wildman–Crippen LogP) is 2.03. The minimum Gasteiger partial charge on any atom is -0.373 e. The summed E-state index contributed by atoms with van der Waals surface area (Å²) in [7, 11) is -3.42. The van der Waals surface area contributed by atoms with E-state index in [4.69, 9.17) is 4.74 Å². The van der Waals surface area contributed by atoms with E-state index in [1.165, 1.54) is 9.87 Å². The van der Waals surface area contributed by atoms with E-state index in [1.54, 1.807) is 11.8 Å². The largest absolute Gasteiger partial charge is 0.373 e. The van der Waals surface area contributed by atoms with Crippen molar-refractivity contribution in [1.82, 2.24) is 9.03 Å². The molecular formula is C15H24N2O3S2. The molecular weight excluding hydrogens is 320 g/mol. The molecule has 124 valence electrons. The van der Waals surface area contributed by atoms with Gasteiger partial charge in [0, 0.05) is 30.3 Å². The molecule has 0 saturated carbocycles. The monoisotopic (exact) mass is 344 g/mol. The lowest BCUT2D eigenvalue weighted by molar-refractivity contribution is -0.0443. The van der Waals surface area contributed by atoms with Gasteiger partial charge in [-0.2, -0.15) is 12.7 Å². The predicted molar refractivity (Wildman–Crippen MR) is 90.4 cm³/mol. The summed E-state index contributed by atoms with van der Waals surface area (Å²) in [6.45, 7) is 7.07. The van der Waals surface area contributed by atoms with Gasteiger partial charge in [-0.1, -0.05) is 17.7 Å². The van der Waals surface area contributed by atoms with E-state index in [2.05, 4.69) is 29.0 Å². The van der Waals surface area contributed by atoms with Crippen LogP contribution in [0.5, 0.6) is 0 Å². The van der Waals surface area contributed by atoms with Crippen molar-refractivity contribution in [2.75, 3.05) is 25.4 Å². The van der Waals surface area contributed by atoms with Crippen LogP contribution in [-0.4, -0.2) is 50.3 Å². The number of nitrogens with one attached hydrogen (secondary N) is 1. The standard InChI is InChI=1S/C15H24N2O3S2/c1-12-4-6-15(7-5-12)21-9-8-16-22(18,19)17-10-13(2)20-14(3)11-17/h4-7,13-14,16H,8-11H2,1-3H3. The zero-order valence-electron chi connectivity index (χ0n) is 13.3. The van der Waals surface area contributed by atoms with Gasteiger partial charge in [0.25, 0.3) is 10.2 Å². The summed E-state index contributed by atoms with van der Waals surface area (Å²) in [6.07, 6.45) is -0.135. The summed E-state index contributed by atoms with van der Waals surface area (Å²) in [4.78, 5) is 1.15. The Morgan fingerprint density at radius 1 is 1.23 bits per heavy atom. The Balaban J connectivity index is 1.78. The minimum atomic E-state index is -3.42. The molecule has 0 aliphatic carbocycles. The lowest BCUT2D eigenvalue weighted by atomic mass is 10.2. The smallest absolute Gasteiger partial charge is 0.279 e. The molecule has 5 nitrogen and oxygen atoms in total. The molecule has 1 aromatic carbocycles. The number of hydrogen-bond donors (Lipinski definition) is 1. The molecule has 1 aromatic rings. The number of hydrogen-bond acceptors (Lipinski definition) is 4. The van der Waals surface area contributed by atoms with Crippen LogP contribution in [0.2, 0.25) is 0 Å². The van der Waals surface area contributed by atoms with Gasteiger partial charge in [-0.25, -0.2) is 4.72 Å². The van der Waals surface area contributed by atoms with E-state index in [0.717, 1.165) is 4.90 Å². The van der Waals surface area contributed by atoms with Crippen molar-refractivity contribution in [3.8, 4) is 0 Å². The van der Waals surface area contributed by atoms with Crippen LogP contribution in [-0.2, 0) is 14.9 Å². The fourth-order valence-electron chi connectivity index (χ4n) is 2.39. The second-order valence-electron chi connectivity index (χ2n) is 5.64. The van der Waals surface area contributed by atoms with E-state index >= 15 is 0 Å². The first-order valence-corrected chi connectivity index (χ1v) is 9.89. The average molecular weight is 345 g/mol. The third-order valence-corrected chi connectivity index (χ3v) is 5.96. The second-order valence-corrected chi connectivity index (χ2v) is 8.56. The molecule has 0 aromatic heterocycles. The first kappa shape index (κ1) is 17.7. The summed E-state index contributed by atoms with van der Waals surface area (Å²) in [6, 6.07) is 8.23. The first-order valence-electron chi connectivity index (χ1n) is 7.46. The van der Waals surface area contributed by atoms with E-state index < -0.39 is 10.2 Å². The molecule has 22 heavy (non-hydrogen) atoms. The number of morpholine rings is 1. The Morgan fingerprint density at radius 2 is 1.82 bits per heavy atom. The fraction of sp³-hybridized carbons (Fsp3) is 0.600. The third-order valence-electron chi connectivity index (χ3n) is 3.40. The summed E-state index contributed by atoms with van der Waals surface area (Å²) < 4.78 is 34.3. The zero-order valence-corrected chi connectivity index (χ0v) is 14.9. The van der Waals surface area contributed by atoms with E-state index in [0.29, 0.717) is 25.4 Å². The van der Waals surface area contributed by atoms with Crippen molar-refractivity contribution in [3.63, 3.8) is 0 Å². The van der Waals surface area contributed by atoms with E-state index in [1.807, 2.05) is 20.8 Å². The Morgan fingerprint density at radius 3 is 2.41 bits per heavy atom. The number of aryl methyl sites for hydroxylation is 1. The Bertz CT molecular complexity index is 565. The van der Waals surface area contributed by atoms with Crippen molar-refractivity contribution in [3.05, 3.63) is 29.8 Å².